The molecule has 0 aromatic carbocycles. The molecule has 64 valence electrons. The summed E-state index contributed by atoms with van der Waals surface area (Å²) < 4.78 is 0. The van der Waals surface area contributed by atoms with Gasteiger partial charge in [0.2, 0.25) is 0 Å². The van der Waals surface area contributed by atoms with Gasteiger partial charge in [0.05, 0.1) is 0 Å². The maximum absolute atomic E-state index is 2.59. The zero-order valence-corrected chi connectivity index (χ0v) is 7.88. The van der Waals surface area contributed by atoms with Crippen molar-refractivity contribution in [3.05, 3.63) is 0 Å². The Morgan fingerprint density at radius 2 is 1.82 bits per heavy atom. The van der Waals surface area contributed by atoms with E-state index in [4.69, 9.17) is 0 Å². The van der Waals surface area contributed by atoms with Crippen LogP contribution in [0.1, 0.15) is 20.8 Å². The molecule has 1 nitrogen and oxygen atoms in total. The van der Waals surface area contributed by atoms with Gasteiger partial charge in [-0.25, -0.2) is 0 Å². The molecule has 0 amide bonds. The van der Waals surface area contributed by atoms with E-state index in [9.17, 15) is 0 Å². The van der Waals surface area contributed by atoms with Crippen LogP contribution in [0.4, 0.5) is 0 Å². The number of hydrogen-bond donors (Lipinski definition) is 0. The summed E-state index contributed by atoms with van der Waals surface area (Å²) in [5, 5.41) is 0. The Morgan fingerprint density at radius 3 is 2.18 bits per heavy atom. The van der Waals surface area contributed by atoms with Gasteiger partial charge in [0.1, 0.15) is 0 Å². The molecule has 1 aliphatic carbocycles. The maximum Gasteiger partial charge on any atom is 0.00158 e. The molecule has 2 fully saturated rings. The molecule has 1 aliphatic heterocycles. The highest BCUT2D eigenvalue weighted by Gasteiger charge is 2.55. The lowest BCUT2D eigenvalue weighted by Crippen LogP contribution is -2.24. The van der Waals surface area contributed by atoms with Gasteiger partial charge in [-0.2, -0.15) is 0 Å². The third-order valence-electron chi connectivity index (χ3n) is 3.55. The first-order chi connectivity index (χ1) is 5.24. The van der Waals surface area contributed by atoms with Crippen LogP contribution in [0, 0.1) is 23.7 Å². The van der Waals surface area contributed by atoms with E-state index < -0.39 is 0 Å². The van der Waals surface area contributed by atoms with Crippen molar-refractivity contribution >= 4 is 0 Å². The molecule has 1 heterocycles. The smallest absolute Gasteiger partial charge is 0.00158 e. The van der Waals surface area contributed by atoms with E-state index in [0.29, 0.717) is 0 Å². The van der Waals surface area contributed by atoms with Crippen LogP contribution in [-0.2, 0) is 0 Å². The first-order valence-electron chi connectivity index (χ1n) is 4.96. The van der Waals surface area contributed by atoms with E-state index in [2.05, 4.69) is 25.7 Å². The number of likely N-dealkylation sites (tertiary alicyclic amines) is 1. The largest absolute Gasteiger partial charge is 0.303 e. The molecule has 11 heavy (non-hydrogen) atoms. The van der Waals surface area contributed by atoms with Gasteiger partial charge in [0.25, 0.3) is 0 Å². The minimum absolute atomic E-state index is 0.934. The normalized spacial score (nSPS) is 43.1. The van der Waals surface area contributed by atoms with Crippen LogP contribution in [-0.4, -0.2) is 24.5 Å². The second kappa shape index (κ2) is 2.48. The molecule has 2 unspecified atom stereocenters. The third-order valence-corrected chi connectivity index (χ3v) is 3.55. The summed E-state index contributed by atoms with van der Waals surface area (Å²) in [6.07, 6.45) is 0. The zero-order valence-electron chi connectivity index (χ0n) is 7.88. The van der Waals surface area contributed by atoms with Crippen molar-refractivity contribution in [2.24, 2.45) is 23.7 Å². The number of rotatable bonds is 2. The summed E-state index contributed by atoms with van der Waals surface area (Å²) in [4.78, 5) is 2.59. The molecule has 0 aromatic heterocycles. The van der Waals surface area contributed by atoms with Gasteiger partial charge in [0, 0.05) is 13.1 Å². The Kier molecular flexibility index (Phi) is 1.71. The summed E-state index contributed by atoms with van der Waals surface area (Å²) >= 11 is 0. The molecule has 1 saturated heterocycles. The Hall–Kier alpha value is -0.0400. The van der Waals surface area contributed by atoms with Gasteiger partial charge >= 0.3 is 0 Å². The highest BCUT2D eigenvalue weighted by molar-refractivity contribution is 5.05. The minimum atomic E-state index is 0.934. The highest BCUT2D eigenvalue weighted by Crippen LogP contribution is 2.55. The molecule has 2 atom stereocenters. The van der Waals surface area contributed by atoms with Crippen LogP contribution >= 0.6 is 0 Å². The molecule has 0 spiro atoms. The van der Waals surface area contributed by atoms with Crippen molar-refractivity contribution in [2.45, 2.75) is 20.8 Å². The lowest BCUT2D eigenvalue weighted by Gasteiger charge is -2.17. The third kappa shape index (κ3) is 1.10. The van der Waals surface area contributed by atoms with Crippen LogP contribution in [0.15, 0.2) is 0 Å². The van der Waals surface area contributed by atoms with Gasteiger partial charge in [-0.15, -0.1) is 0 Å². The highest BCUT2D eigenvalue weighted by atomic mass is 15.2. The van der Waals surface area contributed by atoms with E-state index in [0.717, 1.165) is 23.7 Å². The van der Waals surface area contributed by atoms with Gasteiger partial charge < -0.3 is 4.90 Å². The van der Waals surface area contributed by atoms with E-state index >= 15 is 0 Å². The molecular weight excluding hydrogens is 134 g/mol. The Labute approximate surface area is 69.8 Å². The molecule has 1 saturated carbocycles. The number of piperidine rings is 1. The van der Waals surface area contributed by atoms with Crippen molar-refractivity contribution in [1.82, 2.24) is 4.90 Å². The Morgan fingerprint density at radius 1 is 1.27 bits per heavy atom. The fourth-order valence-corrected chi connectivity index (χ4v) is 2.91. The van der Waals surface area contributed by atoms with Crippen molar-refractivity contribution in [2.75, 3.05) is 19.6 Å². The quantitative estimate of drug-likeness (QED) is 0.585. The first-order valence-corrected chi connectivity index (χ1v) is 4.96. The lowest BCUT2D eigenvalue weighted by atomic mass is 10.1. The monoisotopic (exact) mass is 153 g/mol. The molecule has 2 aliphatic rings. The molecule has 1 heteroatoms. The molecule has 0 bridgehead atoms. The van der Waals surface area contributed by atoms with Gasteiger partial charge in [0.15, 0.2) is 0 Å². The molecule has 2 rings (SSSR count). The lowest BCUT2D eigenvalue weighted by molar-refractivity contribution is 0.281. The predicted molar refractivity (Wildman–Crippen MR) is 47.4 cm³/mol. The molecular formula is C10H19N. The summed E-state index contributed by atoms with van der Waals surface area (Å²) in [7, 11) is 0. The second-order valence-electron chi connectivity index (χ2n) is 4.50. The fourth-order valence-electron chi connectivity index (χ4n) is 2.91. The minimum Gasteiger partial charge on any atom is -0.303 e. The average Bonchev–Trinajstić information content (AvgIpc) is 2.48. The second-order valence-corrected chi connectivity index (χ2v) is 4.50. The van der Waals surface area contributed by atoms with Gasteiger partial charge in [-0.3, -0.25) is 0 Å². The van der Waals surface area contributed by atoms with E-state index in [-0.39, 0.29) is 0 Å². The van der Waals surface area contributed by atoms with Crippen LogP contribution in [0.25, 0.3) is 0 Å². The maximum atomic E-state index is 2.59. The van der Waals surface area contributed by atoms with Crippen LogP contribution in [0.2, 0.25) is 0 Å². The molecule has 0 aromatic rings. The molecule has 0 N–H and O–H groups in total. The van der Waals surface area contributed by atoms with Crippen LogP contribution in [0.3, 0.4) is 0 Å². The first kappa shape index (κ1) is 7.60. The van der Waals surface area contributed by atoms with Crippen LogP contribution < -0.4 is 0 Å². The van der Waals surface area contributed by atoms with Crippen molar-refractivity contribution in [3.8, 4) is 0 Å². The van der Waals surface area contributed by atoms with E-state index in [1.54, 1.807) is 0 Å². The average molecular weight is 153 g/mol. The Bertz CT molecular complexity index is 141. The van der Waals surface area contributed by atoms with E-state index in [1.165, 1.54) is 19.6 Å². The molecule has 0 radical (unpaired) electrons. The summed E-state index contributed by atoms with van der Waals surface area (Å²) in [6, 6.07) is 0. The topological polar surface area (TPSA) is 3.24 Å². The zero-order chi connectivity index (χ0) is 8.01. The van der Waals surface area contributed by atoms with Gasteiger partial charge in [-0.1, -0.05) is 20.8 Å². The summed E-state index contributed by atoms with van der Waals surface area (Å²) in [5.41, 5.74) is 0. The summed E-state index contributed by atoms with van der Waals surface area (Å²) in [5.74, 6) is 4.17. The van der Waals surface area contributed by atoms with Crippen molar-refractivity contribution in [3.63, 3.8) is 0 Å². The Balaban J connectivity index is 1.86. The number of fused-ring (bicyclic) bond motifs is 1. The van der Waals surface area contributed by atoms with Crippen LogP contribution in [0.5, 0.6) is 0 Å². The number of nitrogens with zero attached hydrogens (tertiary/aromatic N) is 1. The van der Waals surface area contributed by atoms with E-state index in [1.807, 2.05) is 0 Å². The van der Waals surface area contributed by atoms with Gasteiger partial charge in [-0.05, 0) is 30.2 Å². The van der Waals surface area contributed by atoms with Crippen molar-refractivity contribution < 1.29 is 0 Å². The SMILES string of the molecule is CCN1CC2C(C1)C2C(C)C. The fraction of sp³-hybridized carbons (Fsp3) is 1.00. The summed E-state index contributed by atoms with van der Waals surface area (Å²) in [6.45, 7) is 11.1. The standard InChI is InChI=1S/C10H19N/c1-4-11-5-8-9(6-11)10(8)7(2)3/h7-10H,4-6H2,1-3H3. The predicted octanol–water partition coefficient (Wildman–Crippen LogP) is 1.84. The number of hydrogen-bond acceptors (Lipinski definition) is 1. The van der Waals surface area contributed by atoms with Crippen molar-refractivity contribution in [1.29, 1.82) is 0 Å².